The highest BCUT2D eigenvalue weighted by atomic mass is 19.1. The molecule has 1 aromatic carbocycles. The standard InChI is InChI=1S/C10H10FN3O2/c1-6(10(15)14-13)16-9-3-2-7(5-12)4-8(9)11/h2-4,6H,13H2,1H3,(H,14,15). The van der Waals surface area contributed by atoms with Crippen LogP contribution in [0.4, 0.5) is 4.39 Å². The van der Waals surface area contributed by atoms with Gasteiger partial charge in [0.25, 0.3) is 5.91 Å². The van der Waals surface area contributed by atoms with E-state index in [0.29, 0.717) is 0 Å². The molecule has 5 nitrogen and oxygen atoms in total. The van der Waals surface area contributed by atoms with E-state index in [1.54, 1.807) is 6.07 Å². The number of amides is 1. The van der Waals surface area contributed by atoms with Gasteiger partial charge in [-0.3, -0.25) is 10.2 Å². The van der Waals surface area contributed by atoms with Crippen LogP contribution in [0.25, 0.3) is 0 Å². The first kappa shape index (κ1) is 11.9. The second-order valence-corrected chi connectivity index (χ2v) is 3.03. The Morgan fingerprint density at radius 1 is 1.69 bits per heavy atom. The predicted octanol–water partition coefficient (Wildman–Crippen LogP) is 0.455. The number of nitrogens with one attached hydrogen (secondary N) is 1. The Morgan fingerprint density at radius 3 is 2.88 bits per heavy atom. The summed E-state index contributed by atoms with van der Waals surface area (Å²) >= 11 is 0. The summed E-state index contributed by atoms with van der Waals surface area (Å²) in [5, 5.41) is 8.52. The van der Waals surface area contributed by atoms with Crippen molar-refractivity contribution >= 4 is 5.91 Å². The maximum Gasteiger partial charge on any atom is 0.274 e. The van der Waals surface area contributed by atoms with Crippen molar-refractivity contribution in [3.05, 3.63) is 29.6 Å². The van der Waals surface area contributed by atoms with Crippen molar-refractivity contribution in [3.8, 4) is 11.8 Å². The molecule has 3 N–H and O–H groups in total. The molecule has 0 saturated heterocycles. The molecule has 0 aliphatic carbocycles. The van der Waals surface area contributed by atoms with Crippen LogP contribution in [0.2, 0.25) is 0 Å². The monoisotopic (exact) mass is 223 g/mol. The molecule has 0 radical (unpaired) electrons. The second-order valence-electron chi connectivity index (χ2n) is 3.03. The minimum atomic E-state index is -0.910. The van der Waals surface area contributed by atoms with Crippen molar-refractivity contribution in [2.45, 2.75) is 13.0 Å². The number of benzene rings is 1. The zero-order valence-corrected chi connectivity index (χ0v) is 8.53. The molecule has 0 aromatic heterocycles. The summed E-state index contributed by atoms with van der Waals surface area (Å²) in [6, 6.07) is 5.50. The van der Waals surface area contributed by atoms with Crippen LogP contribution >= 0.6 is 0 Å². The zero-order valence-electron chi connectivity index (χ0n) is 8.53. The van der Waals surface area contributed by atoms with Crippen molar-refractivity contribution < 1.29 is 13.9 Å². The highest BCUT2D eigenvalue weighted by Crippen LogP contribution is 2.19. The number of ether oxygens (including phenoxy) is 1. The van der Waals surface area contributed by atoms with Crippen LogP contribution in [0.3, 0.4) is 0 Å². The number of hydrazine groups is 1. The fraction of sp³-hybridized carbons (Fsp3) is 0.200. The van der Waals surface area contributed by atoms with Gasteiger partial charge in [0, 0.05) is 0 Å². The van der Waals surface area contributed by atoms with Crippen molar-refractivity contribution in [2.24, 2.45) is 5.84 Å². The van der Waals surface area contributed by atoms with E-state index in [-0.39, 0.29) is 11.3 Å². The largest absolute Gasteiger partial charge is 0.478 e. The molecular weight excluding hydrogens is 213 g/mol. The average Bonchev–Trinajstić information content (AvgIpc) is 2.30. The topological polar surface area (TPSA) is 88.1 Å². The molecule has 1 unspecified atom stereocenters. The summed E-state index contributed by atoms with van der Waals surface area (Å²) in [5.41, 5.74) is 2.07. The van der Waals surface area contributed by atoms with E-state index in [1.165, 1.54) is 19.1 Å². The first-order valence-electron chi connectivity index (χ1n) is 4.45. The van der Waals surface area contributed by atoms with Gasteiger partial charge in [-0.15, -0.1) is 0 Å². The van der Waals surface area contributed by atoms with E-state index in [1.807, 2.05) is 5.43 Å². The second kappa shape index (κ2) is 5.09. The Labute approximate surface area is 91.6 Å². The van der Waals surface area contributed by atoms with Gasteiger partial charge in [0.15, 0.2) is 17.7 Å². The fourth-order valence-corrected chi connectivity index (χ4v) is 1.03. The van der Waals surface area contributed by atoms with E-state index in [2.05, 4.69) is 0 Å². The third-order valence-corrected chi connectivity index (χ3v) is 1.88. The average molecular weight is 223 g/mol. The lowest BCUT2D eigenvalue weighted by Crippen LogP contribution is -2.40. The Morgan fingerprint density at radius 2 is 2.38 bits per heavy atom. The first-order chi connectivity index (χ1) is 7.58. The smallest absolute Gasteiger partial charge is 0.274 e. The molecular formula is C10H10FN3O2. The minimum absolute atomic E-state index is 0.102. The number of carbonyl (C=O) groups is 1. The predicted molar refractivity (Wildman–Crippen MR) is 53.5 cm³/mol. The van der Waals surface area contributed by atoms with Gasteiger partial charge in [0.2, 0.25) is 0 Å². The van der Waals surface area contributed by atoms with E-state index >= 15 is 0 Å². The van der Waals surface area contributed by atoms with Crippen molar-refractivity contribution in [3.63, 3.8) is 0 Å². The zero-order chi connectivity index (χ0) is 12.1. The van der Waals surface area contributed by atoms with Crippen LogP contribution in [-0.4, -0.2) is 12.0 Å². The molecule has 0 saturated carbocycles. The van der Waals surface area contributed by atoms with E-state index in [4.69, 9.17) is 15.8 Å². The van der Waals surface area contributed by atoms with E-state index < -0.39 is 17.8 Å². The number of hydrogen-bond donors (Lipinski definition) is 2. The molecule has 6 heteroatoms. The fourth-order valence-electron chi connectivity index (χ4n) is 1.03. The van der Waals surface area contributed by atoms with Gasteiger partial charge in [-0.05, 0) is 25.1 Å². The Balaban J connectivity index is 2.83. The molecule has 0 bridgehead atoms. The van der Waals surface area contributed by atoms with Crippen molar-refractivity contribution in [1.29, 1.82) is 5.26 Å². The number of nitriles is 1. The van der Waals surface area contributed by atoms with Gasteiger partial charge in [-0.25, -0.2) is 10.2 Å². The van der Waals surface area contributed by atoms with Gasteiger partial charge in [-0.2, -0.15) is 5.26 Å². The summed E-state index contributed by atoms with van der Waals surface area (Å²) in [6.45, 7) is 1.43. The van der Waals surface area contributed by atoms with Gasteiger partial charge >= 0.3 is 0 Å². The summed E-state index contributed by atoms with van der Waals surface area (Å²) in [5.74, 6) is 3.53. The molecule has 0 fully saturated rings. The highest BCUT2D eigenvalue weighted by Gasteiger charge is 2.15. The number of rotatable bonds is 3. The lowest BCUT2D eigenvalue weighted by atomic mass is 10.2. The number of carbonyl (C=O) groups excluding carboxylic acids is 1. The Kier molecular flexibility index (Phi) is 3.80. The highest BCUT2D eigenvalue weighted by molar-refractivity contribution is 5.80. The minimum Gasteiger partial charge on any atom is -0.478 e. The summed E-state index contributed by atoms with van der Waals surface area (Å²) < 4.78 is 18.3. The van der Waals surface area contributed by atoms with Crippen LogP contribution in [0.5, 0.6) is 5.75 Å². The molecule has 0 aliphatic heterocycles. The van der Waals surface area contributed by atoms with Crippen LogP contribution in [-0.2, 0) is 4.79 Å². The summed E-state index contributed by atoms with van der Waals surface area (Å²) in [7, 11) is 0. The van der Waals surface area contributed by atoms with Gasteiger partial charge in [0.1, 0.15) is 0 Å². The lowest BCUT2D eigenvalue weighted by molar-refractivity contribution is -0.127. The van der Waals surface area contributed by atoms with Crippen LogP contribution < -0.4 is 16.0 Å². The maximum absolute atomic E-state index is 13.3. The number of halogens is 1. The van der Waals surface area contributed by atoms with Gasteiger partial charge in [0.05, 0.1) is 11.6 Å². The molecule has 0 aliphatic rings. The van der Waals surface area contributed by atoms with E-state index in [9.17, 15) is 9.18 Å². The first-order valence-corrected chi connectivity index (χ1v) is 4.45. The summed E-state index contributed by atoms with van der Waals surface area (Å²) in [6.07, 6.45) is -0.910. The molecule has 1 aromatic rings. The SMILES string of the molecule is CC(Oc1ccc(C#N)cc1F)C(=O)NN. The van der Waals surface area contributed by atoms with E-state index in [0.717, 1.165) is 6.07 Å². The third-order valence-electron chi connectivity index (χ3n) is 1.88. The quantitative estimate of drug-likeness (QED) is 0.442. The molecule has 0 spiro atoms. The number of nitrogens with two attached hydrogens (primary N) is 1. The lowest BCUT2D eigenvalue weighted by Gasteiger charge is -2.13. The third kappa shape index (κ3) is 2.68. The van der Waals surface area contributed by atoms with Crippen LogP contribution in [0.1, 0.15) is 12.5 Å². The number of nitrogens with zero attached hydrogens (tertiary/aromatic N) is 1. The normalized spacial score (nSPS) is 11.4. The van der Waals surface area contributed by atoms with Gasteiger partial charge < -0.3 is 4.74 Å². The maximum atomic E-state index is 13.3. The summed E-state index contributed by atoms with van der Waals surface area (Å²) in [4.78, 5) is 11.0. The molecule has 1 amide bonds. The molecule has 84 valence electrons. The molecule has 16 heavy (non-hydrogen) atoms. The van der Waals surface area contributed by atoms with Crippen molar-refractivity contribution in [1.82, 2.24) is 5.43 Å². The Bertz CT molecular complexity index is 442. The van der Waals surface area contributed by atoms with Gasteiger partial charge in [-0.1, -0.05) is 0 Å². The molecule has 1 rings (SSSR count). The van der Waals surface area contributed by atoms with Crippen LogP contribution in [0.15, 0.2) is 18.2 Å². The molecule has 1 atom stereocenters. The molecule has 0 heterocycles. The Hall–Kier alpha value is -2.13. The van der Waals surface area contributed by atoms with Crippen molar-refractivity contribution in [2.75, 3.05) is 0 Å². The van der Waals surface area contributed by atoms with Crippen LogP contribution in [0, 0.1) is 17.1 Å². The number of hydrogen-bond acceptors (Lipinski definition) is 4.